The van der Waals surface area contributed by atoms with E-state index >= 15 is 0 Å². The van der Waals surface area contributed by atoms with Gasteiger partial charge < -0.3 is 5.11 Å². The van der Waals surface area contributed by atoms with Crippen LogP contribution in [0, 0.1) is 0 Å². The lowest BCUT2D eigenvalue weighted by atomic mass is 9.98. The highest BCUT2D eigenvalue weighted by atomic mass is 16.3. The van der Waals surface area contributed by atoms with Crippen molar-refractivity contribution in [2.75, 3.05) is 0 Å². The molecule has 0 bridgehead atoms. The first-order chi connectivity index (χ1) is 10.6. The fourth-order valence-corrected chi connectivity index (χ4v) is 2.67. The molecule has 0 spiro atoms. The molecule has 0 aliphatic carbocycles. The van der Waals surface area contributed by atoms with Crippen molar-refractivity contribution < 1.29 is 9.90 Å². The van der Waals surface area contributed by atoms with E-state index in [1.807, 2.05) is 37.3 Å². The molecule has 0 saturated heterocycles. The predicted octanol–water partition coefficient (Wildman–Crippen LogP) is 2.08. The van der Waals surface area contributed by atoms with Crippen LogP contribution >= 0.6 is 0 Å². The Balaban J connectivity index is 1.88. The Hall–Kier alpha value is -2.53. The maximum Gasteiger partial charge on any atom is 0.250 e. The van der Waals surface area contributed by atoms with Crippen LogP contribution in [0.5, 0.6) is 0 Å². The molecule has 1 aromatic carbocycles. The molecule has 1 unspecified atom stereocenters. The number of aromatic nitrogens is 1. The topological polar surface area (TPSA) is 65.8 Å². The summed E-state index contributed by atoms with van der Waals surface area (Å²) in [5.41, 5.74) is 0.799. The van der Waals surface area contributed by atoms with Crippen molar-refractivity contribution >= 4 is 11.6 Å². The van der Waals surface area contributed by atoms with E-state index in [4.69, 9.17) is 0 Å². The number of carbonyl (C=O) groups is 1. The van der Waals surface area contributed by atoms with Crippen LogP contribution in [0.4, 0.5) is 0 Å². The lowest BCUT2D eigenvalue weighted by molar-refractivity contribution is -0.157. The summed E-state index contributed by atoms with van der Waals surface area (Å²) in [6.07, 6.45) is 3.70. The summed E-state index contributed by atoms with van der Waals surface area (Å²) in [6, 6.07) is 12.9. The molecule has 2 aromatic rings. The van der Waals surface area contributed by atoms with Gasteiger partial charge in [0.05, 0.1) is 6.42 Å². The second-order valence-electron chi connectivity index (χ2n) is 5.43. The van der Waals surface area contributed by atoms with E-state index in [9.17, 15) is 9.90 Å². The lowest BCUT2D eigenvalue weighted by Crippen LogP contribution is -2.44. The van der Waals surface area contributed by atoms with Crippen LogP contribution in [0.1, 0.15) is 24.5 Å². The number of hydrogen-bond donors (Lipinski definition) is 1. The van der Waals surface area contributed by atoms with Crippen LogP contribution in [0.2, 0.25) is 0 Å². The SMILES string of the molecule is CC1=NN(C(=O)Cc2ccccc2)C(O)(c2ccncc2)C1. The maximum absolute atomic E-state index is 12.6. The highest BCUT2D eigenvalue weighted by molar-refractivity contribution is 5.89. The number of amides is 1. The molecule has 0 saturated carbocycles. The zero-order chi connectivity index (χ0) is 15.6. The van der Waals surface area contributed by atoms with E-state index in [2.05, 4.69) is 10.1 Å². The standard InChI is InChI=1S/C17H17N3O2/c1-13-12-17(22,15-7-9-18-10-8-15)20(19-13)16(21)11-14-5-3-2-4-6-14/h2-10,22H,11-12H2,1H3. The van der Waals surface area contributed by atoms with Gasteiger partial charge in [0, 0.05) is 30.1 Å². The first-order valence-electron chi connectivity index (χ1n) is 7.13. The summed E-state index contributed by atoms with van der Waals surface area (Å²) in [5, 5.41) is 16.4. The second kappa shape index (κ2) is 5.69. The third-order valence-corrected chi connectivity index (χ3v) is 3.70. The van der Waals surface area contributed by atoms with Gasteiger partial charge in [-0.1, -0.05) is 30.3 Å². The maximum atomic E-state index is 12.6. The summed E-state index contributed by atoms with van der Waals surface area (Å²) in [6.45, 7) is 1.81. The first-order valence-corrected chi connectivity index (χ1v) is 7.13. The van der Waals surface area contributed by atoms with E-state index in [0.29, 0.717) is 12.0 Å². The molecule has 1 N–H and O–H groups in total. The van der Waals surface area contributed by atoms with Crippen molar-refractivity contribution in [3.05, 3.63) is 66.0 Å². The fourth-order valence-electron chi connectivity index (χ4n) is 2.67. The van der Waals surface area contributed by atoms with E-state index in [1.165, 1.54) is 5.01 Å². The van der Waals surface area contributed by atoms with E-state index in [-0.39, 0.29) is 12.3 Å². The van der Waals surface area contributed by atoms with Crippen LogP contribution in [-0.2, 0) is 16.9 Å². The van der Waals surface area contributed by atoms with Gasteiger partial charge in [0.25, 0.3) is 0 Å². The molecule has 1 aliphatic heterocycles. The molecule has 2 heterocycles. The number of hydrazone groups is 1. The Morgan fingerprint density at radius 2 is 1.91 bits per heavy atom. The number of rotatable bonds is 3. The molecule has 1 aromatic heterocycles. The molecule has 5 heteroatoms. The molecule has 0 fully saturated rings. The summed E-state index contributed by atoms with van der Waals surface area (Å²) in [7, 11) is 0. The summed E-state index contributed by atoms with van der Waals surface area (Å²) >= 11 is 0. The molecular formula is C17H17N3O2. The number of benzene rings is 1. The van der Waals surface area contributed by atoms with E-state index < -0.39 is 5.72 Å². The van der Waals surface area contributed by atoms with Crippen LogP contribution in [0.25, 0.3) is 0 Å². The third kappa shape index (κ3) is 2.63. The summed E-state index contributed by atoms with van der Waals surface area (Å²) < 4.78 is 0. The zero-order valence-corrected chi connectivity index (χ0v) is 12.3. The zero-order valence-electron chi connectivity index (χ0n) is 12.3. The molecule has 1 aliphatic rings. The van der Waals surface area contributed by atoms with Crippen molar-refractivity contribution in [2.45, 2.75) is 25.5 Å². The van der Waals surface area contributed by atoms with E-state index in [1.54, 1.807) is 24.5 Å². The van der Waals surface area contributed by atoms with Crippen LogP contribution in [0.3, 0.4) is 0 Å². The minimum Gasteiger partial charge on any atom is -0.365 e. The van der Waals surface area contributed by atoms with Gasteiger partial charge in [-0.05, 0) is 24.6 Å². The molecule has 1 amide bonds. The Morgan fingerprint density at radius 3 is 2.59 bits per heavy atom. The van der Waals surface area contributed by atoms with Crippen molar-refractivity contribution in [1.82, 2.24) is 9.99 Å². The number of carbonyl (C=O) groups excluding carboxylic acids is 1. The Morgan fingerprint density at radius 1 is 1.23 bits per heavy atom. The van der Waals surface area contributed by atoms with E-state index in [0.717, 1.165) is 11.3 Å². The Labute approximate surface area is 128 Å². The Kier molecular flexibility index (Phi) is 3.73. The predicted molar refractivity (Wildman–Crippen MR) is 82.9 cm³/mol. The van der Waals surface area contributed by atoms with Crippen LogP contribution in [0.15, 0.2) is 60.0 Å². The average molecular weight is 295 g/mol. The lowest BCUT2D eigenvalue weighted by Gasteiger charge is -2.31. The smallest absolute Gasteiger partial charge is 0.250 e. The Bertz CT molecular complexity index is 700. The fraction of sp³-hybridized carbons (Fsp3) is 0.235. The molecule has 112 valence electrons. The molecule has 0 radical (unpaired) electrons. The van der Waals surface area contributed by atoms with Gasteiger partial charge in [0.1, 0.15) is 0 Å². The number of pyridine rings is 1. The summed E-state index contributed by atoms with van der Waals surface area (Å²) in [4.78, 5) is 16.5. The molecular weight excluding hydrogens is 278 g/mol. The highest BCUT2D eigenvalue weighted by Crippen LogP contribution is 2.35. The number of aliphatic hydroxyl groups is 1. The number of hydrogen-bond acceptors (Lipinski definition) is 4. The van der Waals surface area contributed by atoms with Crippen molar-refractivity contribution in [2.24, 2.45) is 5.10 Å². The quantitative estimate of drug-likeness (QED) is 0.942. The summed E-state index contributed by atoms with van der Waals surface area (Å²) in [5.74, 6) is -0.234. The minimum absolute atomic E-state index is 0.199. The van der Waals surface area contributed by atoms with Gasteiger partial charge in [-0.25, -0.2) is 0 Å². The molecule has 22 heavy (non-hydrogen) atoms. The second-order valence-corrected chi connectivity index (χ2v) is 5.43. The van der Waals surface area contributed by atoms with Gasteiger partial charge in [0.15, 0.2) is 5.72 Å². The third-order valence-electron chi connectivity index (χ3n) is 3.70. The van der Waals surface area contributed by atoms with Gasteiger partial charge >= 0.3 is 0 Å². The highest BCUT2D eigenvalue weighted by Gasteiger charge is 2.44. The minimum atomic E-state index is -1.43. The van der Waals surface area contributed by atoms with Crippen LogP contribution in [-0.4, -0.2) is 26.7 Å². The number of nitrogens with zero attached hydrogens (tertiary/aromatic N) is 3. The van der Waals surface area contributed by atoms with Gasteiger partial charge in [-0.15, -0.1) is 0 Å². The molecule has 1 atom stereocenters. The van der Waals surface area contributed by atoms with Gasteiger partial charge in [-0.2, -0.15) is 10.1 Å². The van der Waals surface area contributed by atoms with Crippen molar-refractivity contribution in [1.29, 1.82) is 0 Å². The van der Waals surface area contributed by atoms with Crippen molar-refractivity contribution in [3.8, 4) is 0 Å². The van der Waals surface area contributed by atoms with Crippen molar-refractivity contribution in [3.63, 3.8) is 0 Å². The first kappa shape index (κ1) is 14.4. The van der Waals surface area contributed by atoms with Crippen LogP contribution < -0.4 is 0 Å². The molecule has 3 rings (SSSR count). The van der Waals surface area contributed by atoms with Gasteiger partial charge in [0.2, 0.25) is 5.91 Å². The monoisotopic (exact) mass is 295 g/mol. The van der Waals surface area contributed by atoms with Gasteiger partial charge in [-0.3, -0.25) is 9.78 Å². The normalized spacial score (nSPS) is 20.8. The average Bonchev–Trinajstić information content (AvgIpc) is 2.85. The molecule has 5 nitrogen and oxygen atoms in total. The largest absolute Gasteiger partial charge is 0.365 e.